The molecule has 7 heteroatoms. The number of carbonyl (C=O) groups is 1. The second kappa shape index (κ2) is 9.19. The third-order valence-corrected chi connectivity index (χ3v) is 5.25. The molecule has 0 aliphatic rings. The van der Waals surface area contributed by atoms with E-state index in [1.54, 1.807) is 29.6 Å². The molecule has 5 nitrogen and oxygen atoms in total. The summed E-state index contributed by atoms with van der Waals surface area (Å²) >= 11 is 7.71. The van der Waals surface area contributed by atoms with E-state index in [4.69, 9.17) is 21.3 Å². The molecule has 0 bridgehead atoms. The zero-order chi connectivity index (χ0) is 20.1. The van der Waals surface area contributed by atoms with Crippen molar-refractivity contribution in [2.45, 2.75) is 18.7 Å². The number of rotatable bonds is 7. The summed E-state index contributed by atoms with van der Waals surface area (Å²) < 4.78 is 7.13. The van der Waals surface area contributed by atoms with E-state index in [9.17, 15) is 4.79 Å². The van der Waals surface area contributed by atoms with E-state index in [0.717, 1.165) is 33.6 Å². The third kappa shape index (κ3) is 4.70. The zero-order valence-corrected chi connectivity index (χ0v) is 17.4. The number of methoxy groups -OCH3 is 1. The number of hydrogen-bond donors (Lipinski definition) is 0. The molecule has 0 saturated carbocycles. The molecule has 1 heterocycles. The van der Waals surface area contributed by atoms with Crippen LogP contribution in [0.1, 0.15) is 21.5 Å². The van der Waals surface area contributed by atoms with Crippen LogP contribution in [0.3, 0.4) is 0 Å². The van der Waals surface area contributed by atoms with Crippen LogP contribution in [0, 0.1) is 13.8 Å². The van der Waals surface area contributed by atoms with Gasteiger partial charge in [0.15, 0.2) is 0 Å². The van der Waals surface area contributed by atoms with Crippen molar-refractivity contribution in [3.05, 3.63) is 70.4 Å². The van der Waals surface area contributed by atoms with Crippen molar-refractivity contribution in [3.63, 3.8) is 0 Å². The van der Waals surface area contributed by atoms with Gasteiger partial charge in [0, 0.05) is 29.2 Å². The first-order chi connectivity index (χ1) is 13.5. The molecular formula is C21H20ClN3O2S. The number of aldehydes is 1. The summed E-state index contributed by atoms with van der Waals surface area (Å²) in [4.78, 5) is 21.1. The number of hydrogen-bond acceptors (Lipinski definition) is 6. The van der Waals surface area contributed by atoms with E-state index >= 15 is 0 Å². The number of anilines is 1. The molecule has 0 aliphatic heterocycles. The van der Waals surface area contributed by atoms with Crippen LogP contribution in [-0.2, 0) is 4.74 Å². The van der Waals surface area contributed by atoms with Gasteiger partial charge in [-0.15, -0.1) is 0 Å². The number of benzene rings is 2. The summed E-state index contributed by atoms with van der Waals surface area (Å²) in [5, 5.41) is 0.353. The quantitative estimate of drug-likeness (QED) is 0.225. The molecule has 1 aromatic heterocycles. The van der Waals surface area contributed by atoms with Crippen molar-refractivity contribution in [2.75, 3.05) is 18.1 Å². The first-order valence-corrected chi connectivity index (χ1v) is 9.78. The fourth-order valence-corrected chi connectivity index (χ4v) is 3.96. The van der Waals surface area contributed by atoms with E-state index in [0.29, 0.717) is 16.7 Å². The Labute approximate surface area is 173 Å². The maximum atomic E-state index is 11.1. The highest BCUT2D eigenvalue weighted by atomic mass is 35.5. The Bertz CT molecular complexity index is 977. The van der Waals surface area contributed by atoms with Gasteiger partial charge in [0.1, 0.15) is 18.2 Å². The molecule has 28 heavy (non-hydrogen) atoms. The lowest BCUT2D eigenvalue weighted by Gasteiger charge is -2.21. The van der Waals surface area contributed by atoms with Crippen molar-refractivity contribution < 1.29 is 9.53 Å². The number of aryl methyl sites for hydroxylation is 2. The topological polar surface area (TPSA) is 55.3 Å². The van der Waals surface area contributed by atoms with Crippen LogP contribution >= 0.6 is 23.5 Å². The lowest BCUT2D eigenvalue weighted by molar-refractivity contribution is 0.112. The number of carbonyl (C=O) groups excluding carboxylic acids is 1. The molecule has 0 amide bonds. The largest absolute Gasteiger partial charge is 0.363 e. The Morgan fingerprint density at radius 3 is 2.50 bits per heavy atom. The van der Waals surface area contributed by atoms with Gasteiger partial charge in [-0.25, -0.2) is 9.97 Å². The molecule has 0 atom stereocenters. The smallest absolute Gasteiger partial charge is 0.239 e. The first-order valence-electron chi connectivity index (χ1n) is 8.62. The van der Waals surface area contributed by atoms with Crippen LogP contribution < -0.4 is 4.31 Å². The lowest BCUT2D eigenvalue weighted by Crippen LogP contribution is -2.20. The first kappa shape index (κ1) is 20.3. The minimum Gasteiger partial charge on any atom is -0.363 e. The van der Waals surface area contributed by atoms with Gasteiger partial charge in [-0.3, -0.25) is 9.10 Å². The fourth-order valence-electron chi connectivity index (χ4n) is 2.88. The van der Waals surface area contributed by atoms with Crippen LogP contribution in [0.5, 0.6) is 0 Å². The Balaban J connectivity index is 2.01. The van der Waals surface area contributed by atoms with Gasteiger partial charge in [0.2, 0.25) is 5.95 Å². The van der Waals surface area contributed by atoms with Gasteiger partial charge in [-0.05, 0) is 49.1 Å². The number of aromatic nitrogens is 2. The molecule has 0 fully saturated rings. The van der Waals surface area contributed by atoms with E-state index in [1.807, 2.05) is 44.2 Å². The van der Waals surface area contributed by atoms with Gasteiger partial charge < -0.3 is 4.74 Å². The maximum absolute atomic E-state index is 11.1. The van der Waals surface area contributed by atoms with Gasteiger partial charge >= 0.3 is 0 Å². The molecular weight excluding hydrogens is 394 g/mol. The number of halogens is 1. The third-order valence-electron chi connectivity index (χ3n) is 4.10. The van der Waals surface area contributed by atoms with Gasteiger partial charge in [0.25, 0.3) is 0 Å². The Hall–Kier alpha value is -2.41. The maximum Gasteiger partial charge on any atom is 0.239 e. The fraction of sp³-hybridized carbons (Fsp3) is 0.190. The Kier molecular flexibility index (Phi) is 6.67. The van der Waals surface area contributed by atoms with Crippen LogP contribution in [0.25, 0.3) is 11.3 Å². The summed E-state index contributed by atoms with van der Waals surface area (Å²) in [5.41, 5.74) is 4.63. The van der Waals surface area contributed by atoms with Crippen molar-refractivity contribution in [1.82, 2.24) is 9.97 Å². The molecule has 3 aromatic rings. The molecule has 2 aromatic carbocycles. The molecule has 0 aliphatic carbocycles. The Morgan fingerprint density at radius 1 is 1.11 bits per heavy atom. The highest BCUT2D eigenvalue weighted by Gasteiger charge is 2.16. The second-order valence-electron chi connectivity index (χ2n) is 6.22. The molecule has 144 valence electrons. The van der Waals surface area contributed by atoms with Crippen molar-refractivity contribution in [1.29, 1.82) is 0 Å². The van der Waals surface area contributed by atoms with Gasteiger partial charge in [-0.2, -0.15) is 0 Å². The summed E-state index contributed by atoms with van der Waals surface area (Å²) in [6, 6.07) is 15.2. The van der Waals surface area contributed by atoms with Crippen LogP contribution in [-0.4, -0.2) is 30.1 Å². The highest BCUT2D eigenvalue weighted by Crippen LogP contribution is 2.32. The van der Waals surface area contributed by atoms with Crippen LogP contribution in [0.4, 0.5) is 5.95 Å². The number of ether oxygens (including phenoxy) is 1. The molecule has 3 rings (SSSR count). The zero-order valence-electron chi connectivity index (χ0n) is 15.8. The van der Waals surface area contributed by atoms with E-state index in [-0.39, 0.29) is 6.73 Å². The lowest BCUT2D eigenvalue weighted by atomic mass is 10.00. The highest BCUT2D eigenvalue weighted by molar-refractivity contribution is 8.00. The second-order valence-corrected chi connectivity index (χ2v) is 7.70. The minimum absolute atomic E-state index is 0.252. The average molecular weight is 414 g/mol. The summed E-state index contributed by atoms with van der Waals surface area (Å²) in [6.45, 7) is 4.34. The Morgan fingerprint density at radius 2 is 1.82 bits per heavy atom. The molecule has 0 spiro atoms. The molecule has 0 radical (unpaired) electrons. The number of nitrogens with zero attached hydrogens (tertiary/aromatic N) is 3. The average Bonchev–Trinajstić information content (AvgIpc) is 2.67. The SMILES string of the molecule is COCN(Sc1cccc(C=O)c1)c1nc(Cl)cc(-c2c(C)cccc2C)n1. The van der Waals surface area contributed by atoms with Crippen molar-refractivity contribution in [2.24, 2.45) is 0 Å². The van der Waals surface area contributed by atoms with Gasteiger partial charge in [-0.1, -0.05) is 41.9 Å². The van der Waals surface area contributed by atoms with Crippen LogP contribution in [0.15, 0.2) is 53.4 Å². The summed E-state index contributed by atoms with van der Waals surface area (Å²) in [5.74, 6) is 0.438. The predicted molar refractivity (Wildman–Crippen MR) is 114 cm³/mol. The van der Waals surface area contributed by atoms with E-state index < -0.39 is 0 Å². The normalized spacial score (nSPS) is 10.7. The van der Waals surface area contributed by atoms with Crippen molar-refractivity contribution >= 4 is 35.8 Å². The van der Waals surface area contributed by atoms with Crippen molar-refractivity contribution in [3.8, 4) is 11.3 Å². The molecule has 0 N–H and O–H groups in total. The standard InChI is InChI=1S/C21H20ClN3O2S/c1-14-6-4-7-15(2)20(14)18-11-19(22)24-21(23-18)25(13-27-3)28-17-9-5-8-16(10-17)12-26/h4-12H,13H2,1-3H3. The van der Waals surface area contributed by atoms with E-state index in [1.165, 1.54) is 11.9 Å². The molecule has 0 saturated heterocycles. The minimum atomic E-state index is 0.252. The monoisotopic (exact) mass is 413 g/mol. The molecule has 0 unspecified atom stereocenters. The summed E-state index contributed by atoms with van der Waals surface area (Å²) in [6.07, 6.45) is 0.819. The van der Waals surface area contributed by atoms with Crippen LogP contribution in [0.2, 0.25) is 5.15 Å². The van der Waals surface area contributed by atoms with Gasteiger partial charge in [0.05, 0.1) is 5.69 Å². The van der Waals surface area contributed by atoms with E-state index in [2.05, 4.69) is 4.98 Å². The predicted octanol–water partition coefficient (Wildman–Crippen LogP) is 5.34. The summed E-state index contributed by atoms with van der Waals surface area (Å²) in [7, 11) is 1.60.